The molecule has 3 aromatic rings. The Labute approximate surface area is 154 Å². The third kappa shape index (κ3) is 3.89. The van der Waals surface area contributed by atoms with Crippen molar-refractivity contribution in [2.45, 2.75) is 0 Å². The van der Waals surface area contributed by atoms with E-state index in [2.05, 4.69) is 25.7 Å². The highest BCUT2D eigenvalue weighted by atomic mass is 32.1. The molecule has 0 amide bonds. The third-order valence-corrected chi connectivity index (χ3v) is 4.27. The molecule has 2 aromatic heterocycles. The minimum Gasteiger partial charge on any atom is -0.493 e. The molecule has 2 heterocycles. The Balaban J connectivity index is 1.74. The van der Waals surface area contributed by atoms with E-state index >= 15 is 0 Å². The maximum absolute atomic E-state index is 5.32. The van der Waals surface area contributed by atoms with Gasteiger partial charge in [-0.05, 0) is 24.3 Å². The lowest BCUT2D eigenvalue weighted by Crippen LogP contribution is -1.97. The standard InChI is InChI=1S/C17H17N5O3S/c1-23-13-7-11(8-14(24-2)15(13)25-3)9-19-21-17-22-20-16(26-17)12-5-4-6-18-10-12/h4-10H,1-3H3,(H,21,22)/b19-9+. The van der Waals surface area contributed by atoms with Crippen molar-refractivity contribution in [2.75, 3.05) is 26.8 Å². The van der Waals surface area contributed by atoms with Crippen LogP contribution in [0.15, 0.2) is 41.8 Å². The zero-order valence-electron chi connectivity index (χ0n) is 14.5. The highest BCUT2D eigenvalue weighted by molar-refractivity contribution is 7.18. The Bertz CT molecular complexity index is 873. The van der Waals surface area contributed by atoms with Crippen LogP contribution in [0.4, 0.5) is 5.13 Å². The van der Waals surface area contributed by atoms with E-state index in [0.29, 0.717) is 22.4 Å². The van der Waals surface area contributed by atoms with Crippen LogP contribution in [0.3, 0.4) is 0 Å². The van der Waals surface area contributed by atoms with Crippen LogP contribution < -0.4 is 19.6 Å². The average Bonchev–Trinajstić information content (AvgIpc) is 3.16. The topological polar surface area (TPSA) is 90.8 Å². The van der Waals surface area contributed by atoms with E-state index in [1.165, 1.54) is 11.3 Å². The number of rotatable bonds is 7. The molecule has 0 bridgehead atoms. The summed E-state index contributed by atoms with van der Waals surface area (Å²) in [4.78, 5) is 4.07. The van der Waals surface area contributed by atoms with Gasteiger partial charge >= 0.3 is 0 Å². The highest BCUT2D eigenvalue weighted by Gasteiger charge is 2.12. The number of hydrogen-bond donors (Lipinski definition) is 1. The van der Waals surface area contributed by atoms with Gasteiger partial charge in [-0.15, -0.1) is 10.2 Å². The molecule has 1 N–H and O–H groups in total. The number of ether oxygens (including phenoxy) is 3. The summed E-state index contributed by atoms with van der Waals surface area (Å²) in [6.07, 6.45) is 5.09. The highest BCUT2D eigenvalue weighted by Crippen LogP contribution is 2.37. The van der Waals surface area contributed by atoms with Gasteiger partial charge in [0.1, 0.15) is 0 Å². The van der Waals surface area contributed by atoms with E-state index in [0.717, 1.165) is 16.1 Å². The third-order valence-electron chi connectivity index (χ3n) is 3.39. The van der Waals surface area contributed by atoms with E-state index in [-0.39, 0.29) is 0 Å². The van der Waals surface area contributed by atoms with Crippen LogP contribution in [0, 0.1) is 0 Å². The van der Waals surface area contributed by atoms with Gasteiger partial charge in [-0.25, -0.2) is 0 Å². The average molecular weight is 371 g/mol. The molecule has 1 aromatic carbocycles. The number of anilines is 1. The summed E-state index contributed by atoms with van der Waals surface area (Å²) in [5.74, 6) is 1.65. The minimum absolute atomic E-state index is 0.533. The summed E-state index contributed by atoms with van der Waals surface area (Å²) in [7, 11) is 4.69. The van der Waals surface area contributed by atoms with Crippen LogP contribution in [-0.4, -0.2) is 42.7 Å². The van der Waals surface area contributed by atoms with Gasteiger partial charge < -0.3 is 14.2 Å². The molecule has 0 atom stereocenters. The number of methoxy groups -OCH3 is 3. The summed E-state index contributed by atoms with van der Waals surface area (Å²) in [5, 5.41) is 13.7. The fraction of sp³-hybridized carbons (Fsp3) is 0.176. The van der Waals surface area contributed by atoms with Crippen molar-refractivity contribution in [3.63, 3.8) is 0 Å². The second-order valence-corrected chi connectivity index (χ2v) is 5.96. The number of hydrazone groups is 1. The summed E-state index contributed by atoms with van der Waals surface area (Å²) in [6.45, 7) is 0. The summed E-state index contributed by atoms with van der Waals surface area (Å²) in [6, 6.07) is 7.38. The molecule has 0 aliphatic rings. The van der Waals surface area contributed by atoms with Crippen molar-refractivity contribution in [1.29, 1.82) is 0 Å². The number of nitrogens with zero attached hydrogens (tertiary/aromatic N) is 4. The smallest absolute Gasteiger partial charge is 0.226 e. The molecule has 3 rings (SSSR count). The summed E-state index contributed by atoms with van der Waals surface area (Å²) < 4.78 is 15.9. The molecular formula is C17H17N5O3S. The predicted molar refractivity (Wildman–Crippen MR) is 100 cm³/mol. The molecule has 9 heteroatoms. The number of aromatic nitrogens is 3. The maximum Gasteiger partial charge on any atom is 0.226 e. The molecule has 134 valence electrons. The van der Waals surface area contributed by atoms with Gasteiger partial charge in [0, 0.05) is 23.5 Å². The van der Waals surface area contributed by atoms with Crippen LogP contribution >= 0.6 is 11.3 Å². The first-order chi connectivity index (χ1) is 12.7. The van der Waals surface area contributed by atoms with Crippen LogP contribution in [0.1, 0.15) is 5.56 Å². The maximum atomic E-state index is 5.32. The normalized spacial score (nSPS) is 10.7. The first kappa shape index (κ1) is 17.6. The van der Waals surface area contributed by atoms with Gasteiger partial charge in [0.15, 0.2) is 16.5 Å². The Kier molecular flexibility index (Phi) is 5.59. The van der Waals surface area contributed by atoms with E-state index in [4.69, 9.17) is 14.2 Å². The Morgan fingerprint density at radius 3 is 2.46 bits per heavy atom. The fourth-order valence-corrected chi connectivity index (χ4v) is 2.90. The molecule has 0 aliphatic heterocycles. The number of nitrogens with one attached hydrogen (secondary N) is 1. The number of benzene rings is 1. The minimum atomic E-state index is 0.533. The van der Waals surface area contributed by atoms with Gasteiger partial charge in [0.2, 0.25) is 10.9 Å². The van der Waals surface area contributed by atoms with Crippen LogP contribution in [0.25, 0.3) is 10.6 Å². The van der Waals surface area contributed by atoms with Gasteiger partial charge in [-0.3, -0.25) is 10.4 Å². The van der Waals surface area contributed by atoms with Crippen molar-refractivity contribution in [1.82, 2.24) is 15.2 Å². The largest absolute Gasteiger partial charge is 0.493 e. The van der Waals surface area contributed by atoms with Gasteiger partial charge in [-0.1, -0.05) is 11.3 Å². The van der Waals surface area contributed by atoms with Crippen molar-refractivity contribution >= 4 is 22.7 Å². The Morgan fingerprint density at radius 1 is 1.08 bits per heavy atom. The molecule has 0 saturated heterocycles. The summed E-state index contributed by atoms with van der Waals surface area (Å²) >= 11 is 1.39. The lowest BCUT2D eigenvalue weighted by Gasteiger charge is -2.12. The second kappa shape index (κ2) is 8.26. The molecule has 0 spiro atoms. The molecule has 0 unspecified atom stereocenters. The van der Waals surface area contributed by atoms with E-state index < -0.39 is 0 Å². The Hall–Kier alpha value is -3.20. The summed E-state index contributed by atoms with van der Waals surface area (Å²) in [5.41, 5.74) is 4.56. The molecule has 8 nitrogen and oxygen atoms in total. The Morgan fingerprint density at radius 2 is 1.85 bits per heavy atom. The fourth-order valence-electron chi connectivity index (χ4n) is 2.21. The first-order valence-corrected chi connectivity index (χ1v) is 8.39. The van der Waals surface area contributed by atoms with Crippen molar-refractivity contribution in [3.8, 4) is 27.8 Å². The van der Waals surface area contributed by atoms with Crippen LogP contribution in [-0.2, 0) is 0 Å². The molecule has 26 heavy (non-hydrogen) atoms. The van der Waals surface area contributed by atoms with Crippen molar-refractivity contribution in [2.24, 2.45) is 5.10 Å². The van der Waals surface area contributed by atoms with Crippen LogP contribution in [0.2, 0.25) is 0 Å². The van der Waals surface area contributed by atoms with E-state index in [9.17, 15) is 0 Å². The number of hydrogen-bond acceptors (Lipinski definition) is 9. The molecule has 0 radical (unpaired) electrons. The van der Waals surface area contributed by atoms with E-state index in [1.54, 1.807) is 52.1 Å². The predicted octanol–water partition coefficient (Wildman–Crippen LogP) is 3.07. The van der Waals surface area contributed by atoms with Crippen LogP contribution in [0.5, 0.6) is 17.2 Å². The van der Waals surface area contributed by atoms with Crippen molar-refractivity contribution < 1.29 is 14.2 Å². The van der Waals surface area contributed by atoms with Crippen molar-refractivity contribution in [3.05, 3.63) is 42.2 Å². The zero-order chi connectivity index (χ0) is 18.4. The molecule has 0 saturated carbocycles. The second-order valence-electron chi connectivity index (χ2n) is 4.98. The first-order valence-electron chi connectivity index (χ1n) is 7.58. The van der Waals surface area contributed by atoms with E-state index in [1.807, 2.05) is 12.1 Å². The van der Waals surface area contributed by atoms with Gasteiger partial charge in [-0.2, -0.15) is 5.10 Å². The molecule has 0 aliphatic carbocycles. The SMILES string of the molecule is COc1cc(/C=N/Nc2nnc(-c3cccnc3)s2)cc(OC)c1OC. The lowest BCUT2D eigenvalue weighted by molar-refractivity contribution is 0.324. The molecule has 0 fully saturated rings. The van der Waals surface area contributed by atoms with Gasteiger partial charge in [0.05, 0.1) is 27.5 Å². The number of pyridine rings is 1. The quantitative estimate of drug-likeness (QED) is 0.504. The monoisotopic (exact) mass is 371 g/mol. The van der Waals surface area contributed by atoms with Gasteiger partial charge in [0.25, 0.3) is 0 Å². The zero-order valence-corrected chi connectivity index (χ0v) is 15.3. The molecular weight excluding hydrogens is 354 g/mol. The lowest BCUT2D eigenvalue weighted by atomic mass is 10.2.